The molecule has 0 radical (unpaired) electrons. The van der Waals surface area contributed by atoms with Crippen LogP contribution in [-0.4, -0.2) is 47.7 Å². The molecule has 4 heteroatoms. The molecule has 2 fully saturated rings. The van der Waals surface area contributed by atoms with Gasteiger partial charge in [-0.3, -0.25) is 4.79 Å². The van der Waals surface area contributed by atoms with Crippen LogP contribution in [0.25, 0.3) is 0 Å². The van der Waals surface area contributed by atoms with E-state index in [9.17, 15) is 9.90 Å². The monoisotopic (exact) mass is 184 g/mol. The van der Waals surface area contributed by atoms with Crippen molar-refractivity contribution < 1.29 is 9.90 Å². The molecule has 2 rings (SSSR count). The Morgan fingerprint density at radius 2 is 2.31 bits per heavy atom. The number of nitrogens with zero attached hydrogens (tertiary/aromatic N) is 1. The largest absolute Gasteiger partial charge is 0.391 e. The molecule has 2 aliphatic rings. The van der Waals surface area contributed by atoms with Crippen LogP contribution < -0.4 is 5.32 Å². The average Bonchev–Trinajstić information content (AvgIpc) is 2.52. The van der Waals surface area contributed by atoms with E-state index in [4.69, 9.17) is 0 Å². The second-order valence-electron chi connectivity index (χ2n) is 3.83. The van der Waals surface area contributed by atoms with E-state index in [1.54, 1.807) is 0 Å². The average molecular weight is 184 g/mol. The van der Waals surface area contributed by atoms with E-state index < -0.39 is 0 Å². The van der Waals surface area contributed by atoms with Gasteiger partial charge in [0.15, 0.2) is 0 Å². The number of aliphatic hydroxyl groups is 1. The summed E-state index contributed by atoms with van der Waals surface area (Å²) in [5.41, 5.74) is 0. The van der Waals surface area contributed by atoms with Crippen molar-refractivity contribution in [2.75, 3.05) is 19.6 Å². The minimum Gasteiger partial charge on any atom is -0.391 e. The van der Waals surface area contributed by atoms with Crippen LogP contribution in [0.5, 0.6) is 0 Å². The van der Waals surface area contributed by atoms with Crippen molar-refractivity contribution in [3.63, 3.8) is 0 Å². The van der Waals surface area contributed by atoms with Gasteiger partial charge in [0, 0.05) is 13.1 Å². The van der Waals surface area contributed by atoms with E-state index in [0.29, 0.717) is 6.54 Å². The molecule has 0 spiro atoms. The standard InChI is InChI=1S/C9H16N2O2/c12-8-3-1-2-7(8)11-5-4-10-6-9(11)13/h7-8,10,12H,1-6H2/t7-,8-/m1/s1. The number of rotatable bonds is 1. The SMILES string of the molecule is O=C1CNCCN1[C@@H]1CCC[C@H]1O. The number of amides is 1. The summed E-state index contributed by atoms with van der Waals surface area (Å²) in [6, 6.07) is 0.0922. The molecular weight excluding hydrogens is 168 g/mol. The van der Waals surface area contributed by atoms with Crippen LogP contribution in [0, 0.1) is 0 Å². The molecule has 13 heavy (non-hydrogen) atoms. The van der Waals surface area contributed by atoms with Crippen molar-refractivity contribution in [2.24, 2.45) is 0 Å². The Kier molecular flexibility index (Phi) is 2.51. The maximum atomic E-state index is 11.5. The Morgan fingerprint density at radius 3 is 2.92 bits per heavy atom. The molecule has 1 amide bonds. The van der Waals surface area contributed by atoms with Crippen LogP contribution in [0.15, 0.2) is 0 Å². The Bertz CT molecular complexity index is 208. The number of aliphatic hydroxyl groups excluding tert-OH is 1. The van der Waals surface area contributed by atoms with Gasteiger partial charge in [0.1, 0.15) is 0 Å². The van der Waals surface area contributed by atoms with Crippen molar-refractivity contribution >= 4 is 5.91 Å². The van der Waals surface area contributed by atoms with Gasteiger partial charge < -0.3 is 15.3 Å². The van der Waals surface area contributed by atoms with E-state index in [1.165, 1.54) is 0 Å². The second kappa shape index (κ2) is 3.64. The van der Waals surface area contributed by atoms with Gasteiger partial charge in [-0.1, -0.05) is 0 Å². The summed E-state index contributed by atoms with van der Waals surface area (Å²) in [5.74, 6) is 0.136. The minimum absolute atomic E-state index is 0.0922. The lowest BCUT2D eigenvalue weighted by Gasteiger charge is -2.34. The molecule has 1 heterocycles. The number of hydrogen-bond acceptors (Lipinski definition) is 3. The van der Waals surface area contributed by atoms with E-state index in [2.05, 4.69) is 5.32 Å². The third-order valence-electron chi connectivity index (χ3n) is 2.97. The van der Waals surface area contributed by atoms with Crippen molar-refractivity contribution in [3.8, 4) is 0 Å². The fraction of sp³-hybridized carbons (Fsp3) is 0.889. The highest BCUT2D eigenvalue weighted by Gasteiger charge is 2.34. The number of nitrogens with one attached hydrogen (secondary N) is 1. The molecule has 1 saturated heterocycles. The Balaban J connectivity index is 2.01. The fourth-order valence-corrected chi connectivity index (χ4v) is 2.26. The summed E-state index contributed by atoms with van der Waals surface area (Å²) < 4.78 is 0. The summed E-state index contributed by atoms with van der Waals surface area (Å²) in [6.45, 7) is 2.04. The first kappa shape index (κ1) is 8.97. The van der Waals surface area contributed by atoms with Crippen LogP contribution in [0.2, 0.25) is 0 Å². The maximum Gasteiger partial charge on any atom is 0.236 e. The molecule has 2 atom stereocenters. The number of piperazine rings is 1. The summed E-state index contributed by atoms with van der Waals surface area (Å²) in [4.78, 5) is 13.3. The third-order valence-corrected chi connectivity index (χ3v) is 2.97. The predicted molar refractivity (Wildman–Crippen MR) is 48.2 cm³/mol. The summed E-state index contributed by atoms with van der Waals surface area (Å²) in [5, 5.41) is 12.7. The van der Waals surface area contributed by atoms with Crippen molar-refractivity contribution in [1.29, 1.82) is 0 Å². The van der Waals surface area contributed by atoms with Gasteiger partial charge in [0.25, 0.3) is 0 Å². The van der Waals surface area contributed by atoms with Crippen molar-refractivity contribution in [2.45, 2.75) is 31.4 Å². The van der Waals surface area contributed by atoms with Crippen molar-refractivity contribution in [3.05, 3.63) is 0 Å². The third kappa shape index (κ3) is 1.69. The zero-order valence-corrected chi connectivity index (χ0v) is 7.70. The first-order valence-electron chi connectivity index (χ1n) is 4.97. The van der Waals surface area contributed by atoms with E-state index >= 15 is 0 Å². The molecule has 1 saturated carbocycles. The highest BCUT2D eigenvalue weighted by Crippen LogP contribution is 2.24. The van der Waals surface area contributed by atoms with Crippen LogP contribution in [-0.2, 0) is 4.79 Å². The summed E-state index contributed by atoms with van der Waals surface area (Å²) in [6.07, 6.45) is 2.57. The lowest BCUT2D eigenvalue weighted by molar-refractivity contribution is -0.136. The van der Waals surface area contributed by atoms with Gasteiger partial charge in [-0.2, -0.15) is 0 Å². The maximum absolute atomic E-state index is 11.5. The number of hydrogen-bond donors (Lipinski definition) is 2. The molecule has 0 aromatic heterocycles. The normalized spacial score (nSPS) is 35.5. The lowest BCUT2D eigenvalue weighted by Crippen LogP contribution is -2.54. The fourth-order valence-electron chi connectivity index (χ4n) is 2.26. The van der Waals surface area contributed by atoms with Crippen molar-refractivity contribution in [1.82, 2.24) is 10.2 Å². The molecule has 0 aromatic rings. The molecule has 0 aromatic carbocycles. The van der Waals surface area contributed by atoms with Gasteiger partial charge in [-0.05, 0) is 19.3 Å². The molecule has 74 valence electrons. The van der Waals surface area contributed by atoms with E-state index in [1.807, 2.05) is 4.90 Å². The highest BCUT2D eigenvalue weighted by molar-refractivity contribution is 5.79. The smallest absolute Gasteiger partial charge is 0.236 e. The van der Waals surface area contributed by atoms with E-state index in [0.717, 1.165) is 32.4 Å². The Morgan fingerprint density at radius 1 is 1.46 bits per heavy atom. The first-order valence-corrected chi connectivity index (χ1v) is 4.97. The molecule has 0 bridgehead atoms. The minimum atomic E-state index is -0.290. The number of carbonyl (C=O) groups excluding carboxylic acids is 1. The van der Waals surface area contributed by atoms with Crippen LogP contribution in [0.4, 0.5) is 0 Å². The molecular formula is C9H16N2O2. The van der Waals surface area contributed by atoms with Crippen LogP contribution >= 0.6 is 0 Å². The van der Waals surface area contributed by atoms with Crippen LogP contribution in [0.1, 0.15) is 19.3 Å². The lowest BCUT2D eigenvalue weighted by atomic mass is 10.1. The quantitative estimate of drug-likeness (QED) is 0.568. The zero-order valence-electron chi connectivity index (χ0n) is 7.70. The Hall–Kier alpha value is -0.610. The molecule has 2 N–H and O–H groups in total. The molecule has 1 aliphatic carbocycles. The van der Waals surface area contributed by atoms with E-state index in [-0.39, 0.29) is 18.1 Å². The summed E-state index contributed by atoms with van der Waals surface area (Å²) >= 11 is 0. The highest BCUT2D eigenvalue weighted by atomic mass is 16.3. The van der Waals surface area contributed by atoms with Gasteiger partial charge in [0.2, 0.25) is 5.91 Å². The van der Waals surface area contributed by atoms with Crippen LogP contribution in [0.3, 0.4) is 0 Å². The molecule has 4 nitrogen and oxygen atoms in total. The van der Waals surface area contributed by atoms with Gasteiger partial charge in [-0.25, -0.2) is 0 Å². The predicted octanol–water partition coefficient (Wildman–Crippen LogP) is -0.668. The molecule has 1 aliphatic heterocycles. The first-order chi connectivity index (χ1) is 6.29. The molecule has 0 unspecified atom stereocenters. The number of carbonyl (C=O) groups is 1. The van der Waals surface area contributed by atoms with Gasteiger partial charge in [-0.15, -0.1) is 0 Å². The zero-order chi connectivity index (χ0) is 9.26. The summed E-state index contributed by atoms with van der Waals surface area (Å²) in [7, 11) is 0. The van der Waals surface area contributed by atoms with Gasteiger partial charge >= 0.3 is 0 Å². The second-order valence-corrected chi connectivity index (χ2v) is 3.83. The van der Waals surface area contributed by atoms with Gasteiger partial charge in [0.05, 0.1) is 18.7 Å². The Labute approximate surface area is 77.9 Å². The topological polar surface area (TPSA) is 52.6 Å².